The molecular formula is C60H76B2F2I2N6O12S2. The lowest BCUT2D eigenvalue weighted by molar-refractivity contribution is 0.00578. The molecule has 26 heteroatoms. The second kappa shape index (κ2) is 28.1. The summed E-state index contributed by atoms with van der Waals surface area (Å²) in [5, 5.41) is 6.06. The molecule has 0 aliphatic carbocycles. The number of aromatic nitrogens is 2. The average Bonchev–Trinajstić information content (AvgIpc) is 1.70. The molecule has 0 saturated carbocycles. The number of furan rings is 2. The number of pyridine rings is 2. The topological polar surface area (TPSA) is 222 Å². The van der Waals surface area contributed by atoms with Crippen molar-refractivity contribution >= 4 is 125 Å². The molecule has 8 rings (SSSR count). The zero-order valence-electron chi connectivity index (χ0n) is 51.2. The molecule has 6 aromatic rings. The van der Waals surface area contributed by atoms with Gasteiger partial charge in [-0.05, 0) is 219 Å². The standard InChI is InChI=1S/C29H36BFIN3O6S.C22H23FIN3O4S.C9H17BO2/c1-18(30-40-28(2,3)29(4,5)41-30)11-9-8-10-16-35(42(7,37)38)25-22(32)17-21-23(26(36)33-6)24(39-27(21)34-25)19-12-14-20(31)15-13-19;1-4-5-6-7-12-27(32(3,29)30)20-17(24)13-16-18(21(28)25-2)19(31-22(16)26-20)14-8-10-15(23)11-9-14;1-7(2)10-11-8(3,4)9(5,6)12-10/h11-15,17H,8-10,16H2,1-7H3,(H,33,36);4,8-11,13H,1,5-7,12H2,2-3H3,(H,25,28);1H2,2-6H3/b18-11+;;. The van der Waals surface area contributed by atoms with Crippen molar-refractivity contribution in [3.63, 3.8) is 0 Å². The third kappa shape index (κ3) is 16.3. The maximum absolute atomic E-state index is 13.6. The lowest BCUT2D eigenvalue weighted by Crippen LogP contribution is -2.41. The number of hydrogen-bond acceptors (Lipinski definition) is 14. The Morgan fingerprint density at radius 3 is 1.28 bits per heavy atom. The van der Waals surface area contributed by atoms with Crippen LogP contribution in [-0.4, -0.2) is 115 Å². The lowest BCUT2D eigenvalue weighted by Gasteiger charge is -2.32. The van der Waals surface area contributed by atoms with E-state index >= 15 is 0 Å². The summed E-state index contributed by atoms with van der Waals surface area (Å²) >= 11 is 4.02. The molecule has 2 amide bonds. The zero-order valence-corrected chi connectivity index (χ0v) is 57.1. The van der Waals surface area contributed by atoms with Gasteiger partial charge in [0.15, 0.2) is 11.6 Å². The number of nitrogens with zero attached hydrogens (tertiary/aromatic N) is 4. The number of rotatable bonds is 20. The monoisotopic (exact) mass is 1450 g/mol. The van der Waals surface area contributed by atoms with Crippen molar-refractivity contribution in [3.8, 4) is 22.6 Å². The first kappa shape index (κ1) is 69.9. The number of sulfonamides is 2. The van der Waals surface area contributed by atoms with E-state index in [4.69, 9.17) is 27.5 Å². The summed E-state index contributed by atoms with van der Waals surface area (Å²) in [6.07, 6.45) is 10.4. The molecule has 0 unspecified atom stereocenters. The van der Waals surface area contributed by atoms with E-state index in [2.05, 4.69) is 39.8 Å². The minimum Gasteiger partial charge on any atom is -0.437 e. The smallest absolute Gasteiger partial charge is 0.437 e. The van der Waals surface area contributed by atoms with Crippen LogP contribution in [0.1, 0.15) is 128 Å². The van der Waals surface area contributed by atoms with Gasteiger partial charge in [0.2, 0.25) is 31.5 Å². The molecule has 464 valence electrons. The summed E-state index contributed by atoms with van der Waals surface area (Å²) in [7, 11) is -4.94. The van der Waals surface area contributed by atoms with Gasteiger partial charge in [0.05, 0.1) is 64.0 Å². The number of carbonyl (C=O) groups is 2. The highest BCUT2D eigenvalue weighted by molar-refractivity contribution is 14.1. The van der Waals surface area contributed by atoms with E-state index in [1.54, 1.807) is 18.2 Å². The maximum Gasteiger partial charge on any atom is 0.489 e. The molecule has 6 heterocycles. The Morgan fingerprint density at radius 2 is 0.965 bits per heavy atom. The summed E-state index contributed by atoms with van der Waals surface area (Å²) in [5.41, 5.74) is 2.33. The van der Waals surface area contributed by atoms with Crippen molar-refractivity contribution in [3.05, 3.63) is 127 Å². The number of halogens is 4. The summed E-state index contributed by atoms with van der Waals surface area (Å²) in [6.45, 7) is 28.1. The number of benzene rings is 2. The number of carbonyl (C=O) groups excluding carboxylic acids is 2. The first-order chi connectivity index (χ1) is 40.0. The molecule has 2 fully saturated rings. The third-order valence-electron chi connectivity index (χ3n) is 15.2. The third-order valence-corrected chi connectivity index (χ3v) is 19.1. The molecule has 2 N–H and O–H groups in total. The van der Waals surface area contributed by atoms with E-state index in [9.17, 15) is 35.2 Å². The van der Waals surface area contributed by atoms with Gasteiger partial charge in [0.1, 0.15) is 23.2 Å². The van der Waals surface area contributed by atoms with Crippen molar-refractivity contribution < 1.29 is 62.7 Å². The van der Waals surface area contributed by atoms with Crippen LogP contribution >= 0.6 is 45.2 Å². The SMILES string of the molecule is C=C(C)B1OC(C)(C)C(C)(C)O1.C=CCCCCN(c1nc2oc(-c3ccc(F)cc3)c(C(=O)NC)c2cc1I)S(C)(=O)=O.CNC(=O)c1c(-c2ccc(F)cc2)oc2nc(N(CCCC/C=C(\C)B3OC(C)(C)C(C)(C)O3)S(C)(=O)=O)c(I)cc12. The number of allylic oxidation sites excluding steroid dienone is 4. The Hall–Kier alpha value is -5.23. The quantitative estimate of drug-likeness (QED) is 0.0314. The fourth-order valence-electron chi connectivity index (χ4n) is 8.94. The Kier molecular flexibility index (Phi) is 22.8. The number of fused-ring (bicyclic) bond motifs is 2. The van der Waals surface area contributed by atoms with E-state index in [-0.39, 0.29) is 77.1 Å². The summed E-state index contributed by atoms with van der Waals surface area (Å²) in [6, 6.07) is 14.5. The molecule has 2 aliphatic rings. The molecule has 2 aliphatic heterocycles. The minimum atomic E-state index is -3.68. The Bertz CT molecular complexity index is 3720. The van der Waals surface area contributed by atoms with E-state index in [1.165, 1.54) is 71.2 Å². The molecule has 4 aromatic heterocycles. The van der Waals surface area contributed by atoms with Crippen LogP contribution in [0.2, 0.25) is 0 Å². The van der Waals surface area contributed by atoms with Crippen LogP contribution in [0.5, 0.6) is 0 Å². The normalized spacial score (nSPS) is 16.0. The van der Waals surface area contributed by atoms with Crippen LogP contribution in [-0.2, 0) is 38.7 Å². The van der Waals surface area contributed by atoms with Gasteiger partial charge in [-0.25, -0.2) is 25.6 Å². The van der Waals surface area contributed by atoms with Gasteiger partial charge in [-0.2, -0.15) is 9.97 Å². The number of hydrogen-bond donors (Lipinski definition) is 2. The molecule has 0 bridgehead atoms. The minimum absolute atomic E-state index is 0.109. The molecule has 0 radical (unpaired) electrons. The first-order valence-electron chi connectivity index (χ1n) is 27.8. The van der Waals surface area contributed by atoms with Gasteiger partial charge >= 0.3 is 14.2 Å². The molecule has 2 aromatic carbocycles. The fourth-order valence-corrected chi connectivity index (χ4v) is 12.5. The highest BCUT2D eigenvalue weighted by atomic mass is 127. The largest absolute Gasteiger partial charge is 0.489 e. The van der Waals surface area contributed by atoms with Gasteiger partial charge in [0, 0.05) is 38.3 Å². The van der Waals surface area contributed by atoms with E-state index in [0.29, 0.717) is 41.9 Å². The molecule has 2 saturated heterocycles. The van der Waals surface area contributed by atoms with E-state index in [0.717, 1.165) is 49.1 Å². The fraction of sp³-hybridized carbons (Fsp3) is 0.433. The second-order valence-corrected chi connectivity index (χ2v) is 29.1. The van der Waals surface area contributed by atoms with Crippen molar-refractivity contribution in [2.24, 2.45) is 0 Å². The maximum atomic E-state index is 13.6. The highest BCUT2D eigenvalue weighted by Gasteiger charge is 2.52. The van der Waals surface area contributed by atoms with Crippen molar-refractivity contribution in [2.75, 3.05) is 48.3 Å². The van der Waals surface area contributed by atoms with Gasteiger partial charge in [-0.1, -0.05) is 17.6 Å². The van der Waals surface area contributed by atoms with Crippen LogP contribution < -0.4 is 19.2 Å². The number of amides is 2. The van der Waals surface area contributed by atoms with Crippen LogP contribution in [0.4, 0.5) is 20.4 Å². The van der Waals surface area contributed by atoms with Crippen molar-refractivity contribution in [2.45, 2.75) is 130 Å². The van der Waals surface area contributed by atoms with Crippen LogP contribution in [0.15, 0.2) is 106 Å². The Labute approximate surface area is 532 Å². The van der Waals surface area contributed by atoms with Gasteiger partial charge in [-0.15, -0.1) is 13.2 Å². The van der Waals surface area contributed by atoms with Crippen LogP contribution in [0.3, 0.4) is 0 Å². The Morgan fingerprint density at radius 1 is 0.616 bits per heavy atom. The number of unbranched alkanes of at least 4 members (excludes halogenated alkanes) is 4. The van der Waals surface area contributed by atoms with Gasteiger partial charge in [0.25, 0.3) is 11.8 Å². The first-order valence-corrected chi connectivity index (χ1v) is 33.7. The predicted molar refractivity (Wildman–Crippen MR) is 354 cm³/mol. The summed E-state index contributed by atoms with van der Waals surface area (Å²) in [5.74, 6) is -0.716. The van der Waals surface area contributed by atoms with E-state index in [1.807, 2.05) is 114 Å². The second-order valence-electron chi connectivity index (χ2n) is 23.0. The lowest BCUT2D eigenvalue weighted by atomic mass is 9.79. The van der Waals surface area contributed by atoms with E-state index < -0.39 is 61.8 Å². The van der Waals surface area contributed by atoms with Crippen LogP contribution in [0, 0.1) is 18.8 Å². The average molecular weight is 1450 g/mol. The number of nitrogens with one attached hydrogen (secondary N) is 2. The summed E-state index contributed by atoms with van der Waals surface area (Å²) in [4.78, 5) is 34.5. The molecule has 18 nitrogen and oxygen atoms in total. The molecule has 86 heavy (non-hydrogen) atoms. The van der Waals surface area contributed by atoms with Crippen molar-refractivity contribution in [1.29, 1.82) is 0 Å². The predicted octanol–water partition coefficient (Wildman–Crippen LogP) is 13.0. The zero-order chi connectivity index (χ0) is 64.1. The molecular weight excluding hydrogens is 1370 g/mol. The van der Waals surface area contributed by atoms with Crippen LogP contribution in [0.25, 0.3) is 44.8 Å². The number of anilines is 2. The van der Waals surface area contributed by atoms with Crippen molar-refractivity contribution in [1.82, 2.24) is 20.6 Å². The highest BCUT2D eigenvalue weighted by Crippen LogP contribution is 2.41. The molecule has 0 atom stereocenters. The Balaban J connectivity index is 0.000000236. The molecule has 0 spiro atoms. The van der Waals surface area contributed by atoms with Gasteiger partial charge < -0.3 is 38.1 Å². The summed E-state index contributed by atoms with van der Waals surface area (Å²) < 4.78 is 117. The van der Waals surface area contributed by atoms with Gasteiger partial charge in [-0.3, -0.25) is 18.2 Å².